The molecule has 0 atom stereocenters. The lowest BCUT2D eigenvalue weighted by Crippen LogP contribution is -2.20. The molecule has 0 spiro atoms. The summed E-state index contributed by atoms with van der Waals surface area (Å²) in [6, 6.07) is 0. The van der Waals surface area contributed by atoms with E-state index in [-0.39, 0.29) is 6.20 Å². The van der Waals surface area contributed by atoms with Gasteiger partial charge in [0.25, 0.3) is 0 Å². The Hall–Kier alpha value is -0.810. The van der Waals surface area contributed by atoms with E-state index in [1.807, 2.05) is 0 Å². The van der Waals surface area contributed by atoms with Gasteiger partial charge in [0.1, 0.15) is 6.67 Å². The van der Waals surface area contributed by atoms with Crippen molar-refractivity contribution >= 4 is 22.6 Å². The molecule has 0 aliphatic heterocycles. The van der Waals surface area contributed by atoms with Gasteiger partial charge >= 0.3 is 12.5 Å². The fraction of sp³-hybridized carbons (Fsp3) is 0.375. The van der Waals surface area contributed by atoms with Crippen molar-refractivity contribution in [2.45, 2.75) is 19.2 Å². The predicted molar refractivity (Wildman–Crippen MR) is 53.5 cm³/mol. The van der Waals surface area contributed by atoms with Gasteiger partial charge in [0.2, 0.25) is 0 Å². The standard InChI is InChI=1S/C8H3F7INO/c9-1-3-4(18-8(13,14)15)2-17-6(5(3)16)7(10,11)12/h2H,1H2. The summed E-state index contributed by atoms with van der Waals surface area (Å²) in [6.45, 7) is -1.53. The maximum absolute atomic E-state index is 12.5. The average molecular weight is 389 g/mol. The summed E-state index contributed by atoms with van der Waals surface area (Å²) in [5.74, 6) is -1.08. The Morgan fingerprint density at radius 3 is 2.11 bits per heavy atom. The van der Waals surface area contributed by atoms with E-state index < -0.39 is 39.8 Å². The second-order valence-electron chi connectivity index (χ2n) is 2.94. The third-order valence-corrected chi connectivity index (χ3v) is 2.87. The first kappa shape index (κ1) is 15.2. The molecule has 0 aliphatic carbocycles. The van der Waals surface area contributed by atoms with Crippen molar-refractivity contribution in [2.24, 2.45) is 0 Å². The minimum Gasteiger partial charge on any atom is -0.404 e. The molecule has 0 radical (unpaired) electrons. The molecule has 102 valence electrons. The summed E-state index contributed by atoms with van der Waals surface area (Å²) >= 11 is 1.07. The molecule has 1 aromatic rings. The molecule has 0 saturated heterocycles. The second kappa shape index (κ2) is 5.05. The number of hydrogen-bond donors (Lipinski definition) is 0. The Morgan fingerprint density at radius 1 is 1.17 bits per heavy atom. The highest BCUT2D eigenvalue weighted by Gasteiger charge is 2.38. The zero-order valence-electron chi connectivity index (χ0n) is 8.16. The summed E-state index contributed by atoms with van der Waals surface area (Å²) < 4.78 is 88.1. The first-order chi connectivity index (χ1) is 8.06. The number of halogens is 8. The Kier molecular flexibility index (Phi) is 4.28. The summed E-state index contributed by atoms with van der Waals surface area (Å²) in [4.78, 5) is 2.82. The van der Waals surface area contributed by atoms with Crippen LogP contribution in [-0.4, -0.2) is 11.3 Å². The molecule has 0 bridgehead atoms. The van der Waals surface area contributed by atoms with E-state index in [4.69, 9.17) is 0 Å². The van der Waals surface area contributed by atoms with E-state index >= 15 is 0 Å². The van der Waals surface area contributed by atoms with Crippen LogP contribution in [0.2, 0.25) is 0 Å². The minimum absolute atomic E-state index is 0.202. The lowest BCUT2D eigenvalue weighted by Gasteiger charge is -2.15. The van der Waals surface area contributed by atoms with Crippen molar-refractivity contribution in [1.82, 2.24) is 4.98 Å². The van der Waals surface area contributed by atoms with E-state index in [0.717, 1.165) is 22.6 Å². The average Bonchev–Trinajstić information content (AvgIpc) is 2.13. The summed E-state index contributed by atoms with van der Waals surface area (Å²) in [5, 5.41) is 0. The topological polar surface area (TPSA) is 22.1 Å². The molecule has 0 unspecified atom stereocenters. The third kappa shape index (κ3) is 3.59. The van der Waals surface area contributed by atoms with Gasteiger partial charge in [0, 0.05) is 5.56 Å². The number of alkyl halides is 7. The van der Waals surface area contributed by atoms with Crippen LogP contribution in [-0.2, 0) is 12.9 Å². The van der Waals surface area contributed by atoms with E-state index in [9.17, 15) is 30.7 Å². The van der Waals surface area contributed by atoms with Gasteiger partial charge in [-0.25, -0.2) is 9.37 Å². The number of ether oxygens (including phenoxy) is 1. The molecule has 1 heterocycles. The van der Waals surface area contributed by atoms with E-state index in [1.165, 1.54) is 0 Å². The Labute approximate surface area is 109 Å². The smallest absolute Gasteiger partial charge is 0.404 e. The van der Waals surface area contributed by atoms with E-state index in [2.05, 4.69) is 9.72 Å². The highest BCUT2D eigenvalue weighted by atomic mass is 127. The van der Waals surface area contributed by atoms with Crippen LogP contribution in [0.25, 0.3) is 0 Å². The van der Waals surface area contributed by atoms with Crippen LogP contribution >= 0.6 is 22.6 Å². The Morgan fingerprint density at radius 2 is 1.72 bits per heavy atom. The lowest BCUT2D eigenvalue weighted by atomic mass is 10.2. The number of hydrogen-bond acceptors (Lipinski definition) is 2. The molecular weight excluding hydrogens is 386 g/mol. The molecular formula is C8H3F7INO. The van der Waals surface area contributed by atoms with Gasteiger partial charge < -0.3 is 4.74 Å². The SMILES string of the molecule is FCc1c(OC(F)(F)F)cnc(C(F)(F)F)c1I. The van der Waals surface area contributed by atoms with Crippen molar-refractivity contribution < 1.29 is 35.5 Å². The maximum atomic E-state index is 12.5. The highest BCUT2D eigenvalue weighted by Crippen LogP contribution is 2.37. The predicted octanol–water partition coefficient (Wildman–Crippen LogP) is 4.07. The second-order valence-corrected chi connectivity index (χ2v) is 4.02. The Balaban J connectivity index is 3.30. The third-order valence-electron chi connectivity index (χ3n) is 1.71. The van der Waals surface area contributed by atoms with Crippen LogP contribution in [0.4, 0.5) is 30.7 Å². The van der Waals surface area contributed by atoms with Crippen molar-refractivity contribution in [1.29, 1.82) is 0 Å². The number of nitrogens with zero attached hydrogens (tertiary/aromatic N) is 1. The molecule has 0 saturated carbocycles. The fourth-order valence-corrected chi connectivity index (χ4v) is 1.90. The molecule has 1 rings (SSSR count). The monoisotopic (exact) mass is 389 g/mol. The molecule has 2 nitrogen and oxygen atoms in total. The molecule has 1 aromatic heterocycles. The summed E-state index contributed by atoms with van der Waals surface area (Å²) in [7, 11) is 0. The van der Waals surface area contributed by atoms with Crippen LogP contribution in [0, 0.1) is 3.57 Å². The highest BCUT2D eigenvalue weighted by molar-refractivity contribution is 14.1. The molecule has 0 aromatic carbocycles. The molecule has 10 heteroatoms. The van der Waals surface area contributed by atoms with Crippen LogP contribution in [0.1, 0.15) is 11.3 Å². The van der Waals surface area contributed by atoms with Crippen LogP contribution in [0.15, 0.2) is 6.20 Å². The minimum atomic E-state index is -5.13. The van der Waals surface area contributed by atoms with Gasteiger partial charge in [-0.1, -0.05) is 0 Å². The van der Waals surface area contributed by atoms with Gasteiger partial charge in [-0.05, 0) is 22.6 Å². The molecule has 0 aliphatic rings. The fourth-order valence-electron chi connectivity index (χ4n) is 1.04. The van der Waals surface area contributed by atoms with Gasteiger partial charge in [-0.2, -0.15) is 13.2 Å². The molecule has 0 fully saturated rings. The van der Waals surface area contributed by atoms with Crippen LogP contribution in [0.3, 0.4) is 0 Å². The van der Waals surface area contributed by atoms with Gasteiger partial charge in [0.15, 0.2) is 11.4 Å². The number of aromatic nitrogens is 1. The number of pyridine rings is 1. The van der Waals surface area contributed by atoms with Crippen LogP contribution < -0.4 is 4.74 Å². The summed E-state index contributed by atoms with van der Waals surface area (Å²) in [5.41, 5.74) is -2.29. The zero-order valence-corrected chi connectivity index (χ0v) is 10.3. The van der Waals surface area contributed by atoms with Crippen molar-refractivity contribution in [3.63, 3.8) is 0 Å². The molecule has 0 N–H and O–H groups in total. The van der Waals surface area contributed by atoms with E-state index in [1.54, 1.807) is 0 Å². The molecule has 0 amide bonds. The number of rotatable bonds is 2. The van der Waals surface area contributed by atoms with Crippen molar-refractivity contribution in [3.05, 3.63) is 21.0 Å². The van der Waals surface area contributed by atoms with Gasteiger partial charge in [0.05, 0.1) is 9.77 Å². The maximum Gasteiger partial charge on any atom is 0.573 e. The largest absolute Gasteiger partial charge is 0.573 e. The van der Waals surface area contributed by atoms with Gasteiger partial charge in [-0.15, -0.1) is 13.2 Å². The quantitative estimate of drug-likeness (QED) is 0.562. The summed E-state index contributed by atoms with van der Waals surface area (Å²) in [6.07, 6.45) is -9.81. The molecule has 18 heavy (non-hydrogen) atoms. The zero-order chi connectivity index (χ0) is 14.1. The van der Waals surface area contributed by atoms with Gasteiger partial charge in [-0.3, -0.25) is 0 Å². The van der Waals surface area contributed by atoms with Crippen molar-refractivity contribution in [3.8, 4) is 5.75 Å². The van der Waals surface area contributed by atoms with Crippen LogP contribution in [0.5, 0.6) is 5.75 Å². The first-order valence-corrected chi connectivity index (χ1v) is 5.20. The lowest BCUT2D eigenvalue weighted by molar-refractivity contribution is -0.275. The normalized spacial score (nSPS) is 12.7. The van der Waals surface area contributed by atoms with E-state index in [0.29, 0.717) is 0 Å². The van der Waals surface area contributed by atoms with Crippen molar-refractivity contribution in [2.75, 3.05) is 0 Å². The Bertz CT molecular complexity index is 442. The first-order valence-electron chi connectivity index (χ1n) is 4.12.